The number of hydrogen-bond acceptors (Lipinski definition) is 7. The minimum absolute atomic E-state index is 0.0661. The van der Waals surface area contributed by atoms with E-state index < -0.39 is 0 Å². The van der Waals surface area contributed by atoms with Crippen molar-refractivity contribution >= 4 is 22.8 Å². The van der Waals surface area contributed by atoms with Gasteiger partial charge in [-0.1, -0.05) is 30.7 Å². The van der Waals surface area contributed by atoms with E-state index in [-0.39, 0.29) is 5.78 Å². The molecule has 1 fully saturated rings. The van der Waals surface area contributed by atoms with E-state index in [0.29, 0.717) is 22.0 Å². The normalized spacial score (nSPS) is 14.0. The molecule has 8 nitrogen and oxygen atoms in total. The van der Waals surface area contributed by atoms with Crippen LogP contribution in [0.5, 0.6) is 0 Å². The Morgan fingerprint density at radius 2 is 2.03 bits per heavy atom. The van der Waals surface area contributed by atoms with Gasteiger partial charge in [0.25, 0.3) is 0 Å². The lowest BCUT2D eigenvalue weighted by Gasteiger charge is -2.25. The summed E-state index contributed by atoms with van der Waals surface area (Å²) in [5.41, 5.74) is 3.78. The molecule has 0 bridgehead atoms. The number of thiophene rings is 1. The van der Waals surface area contributed by atoms with Crippen LogP contribution in [0.4, 0.5) is 0 Å². The largest absolute Gasteiger partial charge is 0.287 e. The summed E-state index contributed by atoms with van der Waals surface area (Å²) in [7, 11) is 0. The third-order valence-corrected chi connectivity index (χ3v) is 6.86. The second-order valence-corrected chi connectivity index (χ2v) is 8.94. The highest BCUT2D eigenvalue weighted by Crippen LogP contribution is 2.30. The van der Waals surface area contributed by atoms with Gasteiger partial charge in [0.05, 0.1) is 22.3 Å². The molecule has 6 rings (SSSR count). The van der Waals surface area contributed by atoms with E-state index in [9.17, 15) is 4.79 Å². The highest BCUT2D eigenvalue weighted by atomic mass is 32.1. The standard InChI is InChI=1S/C23H19N7OS/c31-21(20-8-3-11-32-20)18-13-25-30-19(9-10-24-23(18)30)16-6-2-7-17(12-16)22-26-27-28-29(22)14-15-4-1-5-15/h2-3,6-13,15H,1,4-5,14H2. The maximum atomic E-state index is 12.9. The molecule has 1 aliphatic carbocycles. The summed E-state index contributed by atoms with van der Waals surface area (Å²) < 4.78 is 3.62. The molecule has 0 unspecified atom stereocenters. The van der Waals surface area contributed by atoms with Crippen LogP contribution < -0.4 is 0 Å². The van der Waals surface area contributed by atoms with Gasteiger partial charge in [-0.2, -0.15) is 5.10 Å². The highest BCUT2D eigenvalue weighted by Gasteiger charge is 2.22. The number of ketones is 1. The number of carbonyl (C=O) groups excluding carboxylic acids is 1. The molecule has 4 aromatic heterocycles. The maximum absolute atomic E-state index is 12.9. The van der Waals surface area contributed by atoms with Crippen LogP contribution in [0.2, 0.25) is 0 Å². The van der Waals surface area contributed by atoms with E-state index in [2.05, 4.69) is 31.7 Å². The fourth-order valence-corrected chi connectivity index (χ4v) is 4.76. The SMILES string of the molecule is O=C(c1cccs1)c1cnn2c(-c3cccc(-c4nnnn4CC4CCC4)c3)ccnc12. The number of tetrazole rings is 1. The Bertz CT molecular complexity index is 1420. The van der Waals surface area contributed by atoms with Crippen molar-refractivity contribution in [3.63, 3.8) is 0 Å². The number of benzene rings is 1. The lowest BCUT2D eigenvalue weighted by atomic mass is 9.85. The van der Waals surface area contributed by atoms with E-state index in [1.807, 2.05) is 46.5 Å². The summed E-state index contributed by atoms with van der Waals surface area (Å²) in [4.78, 5) is 18.0. The predicted molar refractivity (Wildman–Crippen MR) is 120 cm³/mol. The highest BCUT2D eigenvalue weighted by molar-refractivity contribution is 7.12. The predicted octanol–water partition coefficient (Wildman–Crippen LogP) is 4.14. The van der Waals surface area contributed by atoms with Gasteiger partial charge in [-0.3, -0.25) is 4.79 Å². The van der Waals surface area contributed by atoms with E-state index in [0.717, 1.165) is 29.2 Å². The number of rotatable bonds is 6. The maximum Gasteiger partial charge on any atom is 0.208 e. The first-order valence-electron chi connectivity index (χ1n) is 10.6. The zero-order valence-electron chi connectivity index (χ0n) is 17.1. The van der Waals surface area contributed by atoms with Gasteiger partial charge < -0.3 is 0 Å². The van der Waals surface area contributed by atoms with E-state index >= 15 is 0 Å². The molecule has 1 aliphatic rings. The van der Waals surface area contributed by atoms with Crippen molar-refractivity contribution in [3.05, 3.63) is 70.7 Å². The van der Waals surface area contributed by atoms with Gasteiger partial charge in [-0.05, 0) is 52.8 Å². The van der Waals surface area contributed by atoms with Crippen LogP contribution >= 0.6 is 11.3 Å². The zero-order chi connectivity index (χ0) is 21.5. The van der Waals surface area contributed by atoms with Crippen molar-refractivity contribution in [2.75, 3.05) is 0 Å². The molecule has 9 heteroatoms. The second kappa shape index (κ2) is 7.76. The van der Waals surface area contributed by atoms with Crippen LogP contribution in [0.1, 0.15) is 34.5 Å². The third kappa shape index (κ3) is 3.21. The fourth-order valence-electron chi connectivity index (χ4n) is 4.08. The van der Waals surface area contributed by atoms with Crippen LogP contribution in [0.3, 0.4) is 0 Å². The molecule has 0 amide bonds. The number of aromatic nitrogens is 7. The summed E-state index contributed by atoms with van der Waals surface area (Å²) in [6.07, 6.45) is 7.07. The molecule has 32 heavy (non-hydrogen) atoms. The van der Waals surface area contributed by atoms with E-state index in [4.69, 9.17) is 0 Å². The van der Waals surface area contributed by atoms with Crippen LogP contribution in [0, 0.1) is 5.92 Å². The van der Waals surface area contributed by atoms with Gasteiger partial charge >= 0.3 is 0 Å². The van der Waals surface area contributed by atoms with Crippen LogP contribution in [0.25, 0.3) is 28.3 Å². The molecule has 0 atom stereocenters. The Balaban J connectivity index is 1.39. The summed E-state index contributed by atoms with van der Waals surface area (Å²) in [5, 5.41) is 18.8. The second-order valence-electron chi connectivity index (χ2n) is 7.99. The summed E-state index contributed by atoms with van der Waals surface area (Å²) in [6, 6.07) is 13.7. The van der Waals surface area contributed by atoms with Gasteiger partial charge in [0, 0.05) is 23.9 Å². The first-order valence-corrected chi connectivity index (χ1v) is 11.4. The van der Waals surface area contributed by atoms with Crippen LogP contribution in [-0.2, 0) is 6.54 Å². The van der Waals surface area contributed by atoms with E-state index in [1.54, 1.807) is 16.9 Å². The number of carbonyl (C=O) groups is 1. The Labute approximate surface area is 187 Å². The Morgan fingerprint density at radius 3 is 2.84 bits per heavy atom. The molecule has 0 aliphatic heterocycles. The van der Waals surface area contributed by atoms with Crippen LogP contribution in [-0.4, -0.2) is 40.6 Å². The van der Waals surface area contributed by atoms with Gasteiger partial charge in [-0.15, -0.1) is 16.4 Å². The van der Waals surface area contributed by atoms with Crippen molar-refractivity contribution in [1.82, 2.24) is 34.8 Å². The first kappa shape index (κ1) is 19.0. The fraction of sp³-hybridized carbons (Fsp3) is 0.217. The molecule has 0 saturated heterocycles. The van der Waals surface area contributed by atoms with Crippen molar-refractivity contribution in [1.29, 1.82) is 0 Å². The summed E-state index contributed by atoms with van der Waals surface area (Å²) in [6.45, 7) is 0.847. The van der Waals surface area contributed by atoms with Crippen molar-refractivity contribution < 1.29 is 4.79 Å². The van der Waals surface area contributed by atoms with Gasteiger partial charge in [0.1, 0.15) is 0 Å². The lowest BCUT2D eigenvalue weighted by Crippen LogP contribution is -2.19. The minimum Gasteiger partial charge on any atom is -0.287 e. The molecule has 158 valence electrons. The summed E-state index contributed by atoms with van der Waals surface area (Å²) in [5.74, 6) is 1.35. The molecule has 1 saturated carbocycles. The van der Waals surface area contributed by atoms with Crippen molar-refractivity contribution in [2.45, 2.75) is 25.8 Å². The molecule has 0 spiro atoms. The summed E-state index contributed by atoms with van der Waals surface area (Å²) >= 11 is 1.41. The molecule has 0 radical (unpaired) electrons. The van der Waals surface area contributed by atoms with Crippen molar-refractivity contribution in [2.24, 2.45) is 5.92 Å². The Morgan fingerprint density at radius 1 is 1.12 bits per heavy atom. The average Bonchev–Trinajstić information content (AvgIpc) is 3.56. The average molecular weight is 442 g/mol. The molecular weight excluding hydrogens is 422 g/mol. The molecule has 4 heterocycles. The van der Waals surface area contributed by atoms with Crippen LogP contribution in [0.15, 0.2) is 60.2 Å². The number of hydrogen-bond donors (Lipinski definition) is 0. The third-order valence-electron chi connectivity index (χ3n) is 6.00. The molecule has 0 N–H and O–H groups in total. The number of nitrogens with zero attached hydrogens (tertiary/aromatic N) is 7. The Hall–Kier alpha value is -3.72. The topological polar surface area (TPSA) is 90.9 Å². The monoisotopic (exact) mass is 441 g/mol. The van der Waals surface area contributed by atoms with E-state index in [1.165, 1.54) is 30.6 Å². The Kier molecular flexibility index (Phi) is 4.61. The van der Waals surface area contributed by atoms with Gasteiger partial charge in [-0.25, -0.2) is 14.2 Å². The van der Waals surface area contributed by atoms with Gasteiger partial charge in [0.2, 0.25) is 5.78 Å². The first-order chi connectivity index (χ1) is 15.8. The molecule has 5 aromatic rings. The lowest BCUT2D eigenvalue weighted by molar-refractivity contribution is 0.104. The molecule has 1 aromatic carbocycles. The smallest absolute Gasteiger partial charge is 0.208 e. The van der Waals surface area contributed by atoms with Gasteiger partial charge in [0.15, 0.2) is 11.5 Å². The number of fused-ring (bicyclic) bond motifs is 1. The quantitative estimate of drug-likeness (QED) is 0.368. The zero-order valence-corrected chi connectivity index (χ0v) is 17.9. The minimum atomic E-state index is -0.0661. The molecular formula is C23H19N7OS. The van der Waals surface area contributed by atoms with Crippen molar-refractivity contribution in [3.8, 4) is 22.6 Å².